The van der Waals surface area contributed by atoms with Crippen molar-refractivity contribution in [3.05, 3.63) is 71.7 Å². The summed E-state index contributed by atoms with van der Waals surface area (Å²) in [4.78, 5) is 24.8. The summed E-state index contributed by atoms with van der Waals surface area (Å²) in [6, 6.07) is 7.23. The normalized spacial score (nSPS) is 14.9. The third kappa shape index (κ3) is 5.24. The fourth-order valence-corrected chi connectivity index (χ4v) is 4.19. The molecule has 4 unspecified atom stereocenters. The average molecular weight is 500 g/mol. The van der Waals surface area contributed by atoms with Crippen LogP contribution in [0.4, 0.5) is 8.78 Å². The summed E-state index contributed by atoms with van der Waals surface area (Å²) >= 11 is 0. The summed E-state index contributed by atoms with van der Waals surface area (Å²) < 4.78 is 49.4. The van der Waals surface area contributed by atoms with Gasteiger partial charge in [-0.2, -0.15) is 0 Å². The Morgan fingerprint density at radius 1 is 0.778 bits per heavy atom. The molecule has 10 heteroatoms. The lowest BCUT2D eigenvalue weighted by atomic mass is 9.92. The second-order valence-electron chi connectivity index (χ2n) is 8.80. The van der Waals surface area contributed by atoms with E-state index in [1.807, 2.05) is 0 Å². The van der Waals surface area contributed by atoms with Gasteiger partial charge in [0.2, 0.25) is 0 Å². The monoisotopic (exact) mass is 500 g/mol. The minimum Gasteiger partial charge on any atom is -0.464 e. The standard InChI is InChI=1S/C26H26F2N2O6/c1-13(29)21(19-9-17(27)7-15-3-5-33-23(15)19)11-35-25(31)26(32)36-12-22(14(2)30)20-10-18(28)8-16-4-6-34-24(16)20/h3-10,13-14,21-22H,11-12,29-30H2,1-2H3. The van der Waals surface area contributed by atoms with Crippen molar-refractivity contribution in [3.63, 3.8) is 0 Å². The van der Waals surface area contributed by atoms with Crippen molar-refractivity contribution in [2.45, 2.75) is 37.8 Å². The predicted octanol–water partition coefficient (Wildman–Crippen LogP) is 4.11. The maximum Gasteiger partial charge on any atom is 0.417 e. The lowest BCUT2D eigenvalue weighted by Crippen LogP contribution is -2.33. The molecule has 36 heavy (non-hydrogen) atoms. The molecule has 2 aromatic heterocycles. The van der Waals surface area contributed by atoms with Gasteiger partial charge < -0.3 is 29.8 Å². The Labute approximate surface area is 205 Å². The molecule has 4 atom stereocenters. The lowest BCUT2D eigenvalue weighted by Gasteiger charge is -2.22. The fraction of sp³-hybridized carbons (Fsp3) is 0.308. The predicted molar refractivity (Wildman–Crippen MR) is 127 cm³/mol. The van der Waals surface area contributed by atoms with Gasteiger partial charge in [-0.25, -0.2) is 18.4 Å². The topological polar surface area (TPSA) is 131 Å². The van der Waals surface area contributed by atoms with E-state index >= 15 is 0 Å². The number of carbonyl (C=O) groups excluding carboxylic acids is 2. The Morgan fingerprint density at radius 2 is 1.17 bits per heavy atom. The number of nitrogens with two attached hydrogens (primary N) is 2. The number of hydrogen-bond acceptors (Lipinski definition) is 8. The van der Waals surface area contributed by atoms with Crippen LogP contribution in [-0.2, 0) is 19.1 Å². The Kier molecular flexibility index (Phi) is 7.37. The first-order valence-corrected chi connectivity index (χ1v) is 11.3. The largest absolute Gasteiger partial charge is 0.464 e. The Balaban J connectivity index is 1.44. The SMILES string of the molecule is CC(N)C(COC(=O)C(=O)OCC(c1cc(F)cc2ccoc12)C(C)N)c1cc(F)cc2ccoc12. The molecule has 4 rings (SSSR count). The van der Waals surface area contributed by atoms with Gasteiger partial charge in [0.25, 0.3) is 0 Å². The van der Waals surface area contributed by atoms with Gasteiger partial charge in [-0.1, -0.05) is 0 Å². The first-order chi connectivity index (χ1) is 17.2. The van der Waals surface area contributed by atoms with Gasteiger partial charge in [-0.15, -0.1) is 0 Å². The fourth-order valence-electron chi connectivity index (χ4n) is 4.19. The van der Waals surface area contributed by atoms with Crippen molar-refractivity contribution in [3.8, 4) is 0 Å². The van der Waals surface area contributed by atoms with Crippen LogP contribution in [0.1, 0.15) is 36.8 Å². The van der Waals surface area contributed by atoms with Crippen LogP contribution < -0.4 is 11.5 Å². The molecular weight excluding hydrogens is 474 g/mol. The molecule has 0 aliphatic heterocycles. The van der Waals surface area contributed by atoms with Crippen LogP contribution in [0, 0.1) is 11.6 Å². The number of hydrogen-bond donors (Lipinski definition) is 2. The van der Waals surface area contributed by atoms with Crippen molar-refractivity contribution >= 4 is 33.9 Å². The van der Waals surface area contributed by atoms with E-state index in [1.54, 1.807) is 26.0 Å². The second kappa shape index (κ2) is 10.5. The van der Waals surface area contributed by atoms with Gasteiger partial charge >= 0.3 is 11.9 Å². The van der Waals surface area contributed by atoms with Crippen LogP contribution in [0.15, 0.2) is 57.8 Å². The number of benzene rings is 2. The lowest BCUT2D eigenvalue weighted by molar-refractivity contribution is -0.168. The third-order valence-corrected chi connectivity index (χ3v) is 6.11. The zero-order valence-corrected chi connectivity index (χ0v) is 19.7. The van der Waals surface area contributed by atoms with E-state index in [0.29, 0.717) is 33.1 Å². The van der Waals surface area contributed by atoms with E-state index in [4.69, 9.17) is 29.8 Å². The molecule has 2 aromatic carbocycles. The number of furan rings is 2. The molecule has 0 aliphatic carbocycles. The smallest absolute Gasteiger partial charge is 0.417 e. The minimum atomic E-state index is -1.25. The van der Waals surface area contributed by atoms with Gasteiger partial charge in [0.1, 0.15) is 36.0 Å². The number of esters is 2. The van der Waals surface area contributed by atoms with Crippen LogP contribution in [0.2, 0.25) is 0 Å². The number of fused-ring (bicyclic) bond motifs is 2. The molecule has 4 aromatic rings. The van der Waals surface area contributed by atoms with Crippen molar-refractivity contribution in [1.82, 2.24) is 0 Å². The summed E-state index contributed by atoms with van der Waals surface area (Å²) in [7, 11) is 0. The van der Waals surface area contributed by atoms with Crippen LogP contribution in [0.3, 0.4) is 0 Å². The molecule has 0 fully saturated rings. The van der Waals surface area contributed by atoms with E-state index in [1.165, 1.54) is 36.8 Å². The number of halogens is 2. The quantitative estimate of drug-likeness (QED) is 0.273. The average Bonchev–Trinajstić information content (AvgIpc) is 3.47. The first-order valence-electron chi connectivity index (χ1n) is 11.3. The Bertz CT molecular complexity index is 1290. The Morgan fingerprint density at radius 3 is 1.53 bits per heavy atom. The van der Waals surface area contributed by atoms with Crippen molar-refractivity contribution < 1.29 is 36.7 Å². The van der Waals surface area contributed by atoms with E-state index in [2.05, 4.69) is 0 Å². The molecule has 4 N–H and O–H groups in total. The first kappa shape index (κ1) is 25.3. The molecule has 0 aliphatic rings. The number of carbonyl (C=O) groups is 2. The summed E-state index contributed by atoms with van der Waals surface area (Å²) in [5, 5.41) is 1.07. The number of ether oxygens (including phenoxy) is 2. The molecule has 0 amide bonds. The highest BCUT2D eigenvalue weighted by Gasteiger charge is 2.28. The number of rotatable bonds is 8. The molecule has 0 radical (unpaired) electrons. The zero-order valence-electron chi connectivity index (χ0n) is 19.7. The summed E-state index contributed by atoms with van der Waals surface area (Å²) in [5.41, 5.74) is 13.8. The Hall–Kier alpha value is -3.76. The van der Waals surface area contributed by atoms with Crippen LogP contribution in [0.25, 0.3) is 21.9 Å². The summed E-state index contributed by atoms with van der Waals surface area (Å²) in [6.45, 7) is 2.72. The molecule has 0 bridgehead atoms. The van der Waals surface area contributed by atoms with E-state index in [9.17, 15) is 18.4 Å². The highest BCUT2D eigenvalue weighted by molar-refractivity contribution is 6.29. The minimum absolute atomic E-state index is 0.307. The van der Waals surface area contributed by atoms with Crippen molar-refractivity contribution in [1.29, 1.82) is 0 Å². The van der Waals surface area contributed by atoms with Gasteiger partial charge in [0.15, 0.2) is 0 Å². The molecule has 190 valence electrons. The van der Waals surface area contributed by atoms with E-state index < -0.39 is 47.5 Å². The van der Waals surface area contributed by atoms with Gasteiger partial charge in [-0.05, 0) is 50.2 Å². The van der Waals surface area contributed by atoms with Crippen molar-refractivity contribution in [2.24, 2.45) is 11.5 Å². The molecule has 0 spiro atoms. The molecule has 8 nitrogen and oxygen atoms in total. The van der Waals surface area contributed by atoms with E-state index in [0.717, 1.165) is 0 Å². The van der Waals surface area contributed by atoms with Crippen LogP contribution in [0.5, 0.6) is 0 Å². The van der Waals surface area contributed by atoms with Crippen molar-refractivity contribution in [2.75, 3.05) is 13.2 Å². The summed E-state index contributed by atoms with van der Waals surface area (Å²) in [5.74, 6) is -4.80. The van der Waals surface area contributed by atoms with Crippen LogP contribution >= 0.6 is 0 Å². The maximum absolute atomic E-state index is 14.1. The zero-order chi connectivity index (χ0) is 26.0. The highest BCUT2D eigenvalue weighted by atomic mass is 19.1. The molecule has 0 saturated heterocycles. The van der Waals surface area contributed by atoms with Gasteiger partial charge in [0, 0.05) is 45.8 Å². The van der Waals surface area contributed by atoms with Crippen LogP contribution in [-0.4, -0.2) is 37.2 Å². The van der Waals surface area contributed by atoms with E-state index in [-0.39, 0.29) is 13.2 Å². The molecule has 2 heterocycles. The van der Waals surface area contributed by atoms with Gasteiger partial charge in [-0.3, -0.25) is 0 Å². The second-order valence-corrected chi connectivity index (χ2v) is 8.80. The summed E-state index contributed by atoms with van der Waals surface area (Å²) in [6.07, 6.45) is 2.83. The van der Waals surface area contributed by atoms with Gasteiger partial charge in [0.05, 0.1) is 12.5 Å². The maximum atomic E-state index is 14.1. The molecule has 0 saturated carbocycles. The highest BCUT2D eigenvalue weighted by Crippen LogP contribution is 2.31. The molecular formula is C26H26F2N2O6. The third-order valence-electron chi connectivity index (χ3n) is 6.11.